The number of carbonyl (C=O) groups is 1. The maximum atomic E-state index is 12.5. The molecule has 1 aliphatic heterocycles. The zero-order valence-corrected chi connectivity index (χ0v) is 12.9. The van der Waals surface area contributed by atoms with Crippen LogP contribution < -0.4 is 5.32 Å². The van der Waals surface area contributed by atoms with Crippen molar-refractivity contribution in [1.29, 1.82) is 0 Å². The van der Waals surface area contributed by atoms with Crippen molar-refractivity contribution < 1.29 is 19.9 Å². The minimum Gasteiger partial charge on any atom is -0.504 e. The van der Waals surface area contributed by atoms with Crippen molar-refractivity contribution in [2.24, 2.45) is 0 Å². The molecule has 0 bridgehead atoms. The van der Waals surface area contributed by atoms with Crippen LogP contribution in [0.4, 0.5) is 5.69 Å². The normalized spacial score (nSPS) is 17.0. The van der Waals surface area contributed by atoms with E-state index in [1.54, 1.807) is 4.90 Å². The molecule has 8 nitrogen and oxygen atoms in total. The molecule has 8 heteroatoms. The molecular formula is C15H19N3O5. The van der Waals surface area contributed by atoms with Crippen LogP contribution in [0.5, 0.6) is 11.5 Å². The summed E-state index contributed by atoms with van der Waals surface area (Å²) in [7, 11) is 0. The number of nitro benzene ring substituents is 1. The fraction of sp³-hybridized carbons (Fsp3) is 0.400. The molecule has 0 saturated carbocycles. The first-order valence-electron chi connectivity index (χ1n) is 7.33. The molecule has 2 rings (SSSR count). The summed E-state index contributed by atoms with van der Waals surface area (Å²) in [6.07, 6.45) is 1.51. The van der Waals surface area contributed by atoms with Gasteiger partial charge in [-0.15, -0.1) is 0 Å². The van der Waals surface area contributed by atoms with Crippen LogP contribution in [0, 0.1) is 10.1 Å². The number of amides is 1. The number of nitrogens with one attached hydrogen (secondary N) is 1. The van der Waals surface area contributed by atoms with Gasteiger partial charge < -0.3 is 20.4 Å². The second-order valence-electron chi connectivity index (χ2n) is 5.20. The quantitative estimate of drug-likeness (QED) is 0.238. The van der Waals surface area contributed by atoms with Crippen molar-refractivity contribution >= 4 is 17.7 Å². The number of nitro groups is 1. The molecule has 1 saturated heterocycles. The third kappa shape index (κ3) is 3.59. The summed E-state index contributed by atoms with van der Waals surface area (Å²) in [5.41, 5.74) is 0.166. The van der Waals surface area contributed by atoms with Crippen LogP contribution in [-0.2, 0) is 4.79 Å². The Morgan fingerprint density at radius 2 is 2.04 bits per heavy atom. The van der Waals surface area contributed by atoms with Crippen LogP contribution in [0.1, 0.15) is 19.4 Å². The highest BCUT2D eigenvalue weighted by Crippen LogP contribution is 2.37. The van der Waals surface area contributed by atoms with E-state index in [0.29, 0.717) is 25.2 Å². The Bertz CT molecular complexity index is 663. The highest BCUT2D eigenvalue weighted by Gasteiger charge is 2.32. The van der Waals surface area contributed by atoms with E-state index in [1.807, 2.05) is 13.8 Å². The summed E-state index contributed by atoms with van der Waals surface area (Å²) in [6.45, 7) is 5.51. The third-order valence-electron chi connectivity index (χ3n) is 3.69. The number of aromatic hydroxyl groups is 2. The number of hydrogen-bond donors (Lipinski definition) is 3. The van der Waals surface area contributed by atoms with Gasteiger partial charge in [-0.25, -0.2) is 0 Å². The van der Waals surface area contributed by atoms with Gasteiger partial charge in [-0.2, -0.15) is 0 Å². The van der Waals surface area contributed by atoms with Crippen molar-refractivity contribution in [3.8, 4) is 11.5 Å². The number of phenolic OH excluding ortho intramolecular Hbond substituents is 2. The number of phenols is 2. The molecule has 3 N–H and O–H groups in total. The van der Waals surface area contributed by atoms with Gasteiger partial charge in [0.05, 0.1) is 11.0 Å². The maximum Gasteiger partial charge on any atom is 0.315 e. The Morgan fingerprint density at radius 3 is 2.52 bits per heavy atom. The summed E-state index contributed by atoms with van der Waals surface area (Å²) >= 11 is 0. The van der Waals surface area contributed by atoms with Crippen LogP contribution in [0.25, 0.3) is 6.08 Å². The van der Waals surface area contributed by atoms with E-state index >= 15 is 0 Å². The van der Waals surface area contributed by atoms with Crippen LogP contribution in [0.3, 0.4) is 0 Å². The second kappa shape index (κ2) is 6.66. The average Bonchev–Trinajstić information content (AvgIpc) is 3.33. The van der Waals surface area contributed by atoms with E-state index in [9.17, 15) is 25.1 Å². The molecule has 1 aromatic carbocycles. The number of likely N-dealkylation sites (N-methyl/N-ethyl adjacent to an activating group) is 1. The monoisotopic (exact) mass is 321 g/mol. The predicted octanol–water partition coefficient (Wildman–Crippen LogP) is 1.23. The van der Waals surface area contributed by atoms with E-state index in [1.165, 1.54) is 12.1 Å². The van der Waals surface area contributed by atoms with E-state index in [-0.39, 0.29) is 17.5 Å². The first kappa shape index (κ1) is 16.8. The lowest BCUT2D eigenvalue weighted by Gasteiger charge is -2.20. The summed E-state index contributed by atoms with van der Waals surface area (Å²) < 4.78 is 0. The van der Waals surface area contributed by atoms with E-state index in [4.69, 9.17) is 0 Å². The Labute approximate surface area is 133 Å². The van der Waals surface area contributed by atoms with Crippen LogP contribution in [0.15, 0.2) is 17.7 Å². The van der Waals surface area contributed by atoms with Gasteiger partial charge in [0.1, 0.15) is 0 Å². The van der Waals surface area contributed by atoms with Gasteiger partial charge in [0, 0.05) is 31.3 Å². The molecule has 1 atom stereocenters. The Hall–Kier alpha value is -2.61. The van der Waals surface area contributed by atoms with Crippen LogP contribution in [-0.4, -0.2) is 51.6 Å². The molecule has 1 heterocycles. The molecule has 124 valence electrons. The standard InChI is InChI=1S/C15H19N3O5/c1-3-17(4-2)15(21)10(11-8-16-11)5-9-6-12(18(22)23)14(20)13(19)7-9/h5-7,11,16,19-20H,3-4,8H2,1-2H3/b10-5+. The fourth-order valence-corrected chi connectivity index (χ4v) is 2.31. The van der Waals surface area contributed by atoms with Gasteiger partial charge in [-0.05, 0) is 31.6 Å². The molecular weight excluding hydrogens is 302 g/mol. The lowest BCUT2D eigenvalue weighted by atomic mass is 10.1. The fourth-order valence-electron chi connectivity index (χ4n) is 2.31. The number of rotatable bonds is 6. The van der Waals surface area contributed by atoms with Gasteiger partial charge in [-0.3, -0.25) is 14.9 Å². The minimum absolute atomic E-state index is 0.0990. The molecule has 1 aliphatic rings. The number of nitrogens with zero attached hydrogens (tertiary/aromatic N) is 2. The van der Waals surface area contributed by atoms with Crippen molar-refractivity contribution in [3.63, 3.8) is 0 Å². The second-order valence-corrected chi connectivity index (χ2v) is 5.20. The molecule has 1 aromatic rings. The Kier molecular flexibility index (Phi) is 4.85. The zero-order valence-electron chi connectivity index (χ0n) is 12.9. The van der Waals surface area contributed by atoms with Crippen LogP contribution in [0.2, 0.25) is 0 Å². The van der Waals surface area contributed by atoms with Crippen molar-refractivity contribution in [2.45, 2.75) is 19.9 Å². The largest absolute Gasteiger partial charge is 0.504 e. The van der Waals surface area contributed by atoms with Gasteiger partial charge in [0.2, 0.25) is 5.75 Å². The summed E-state index contributed by atoms with van der Waals surface area (Å²) in [5.74, 6) is -1.53. The topological polar surface area (TPSA) is 126 Å². The smallest absolute Gasteiger partial charge is 0.315 e. The summed E-state index contributed by atoms with van der Waals surface area (Å²) in [6, 6.07) is 2.23. The first-order chi connectivity index (χ1) is 10.9. The number of carbonyl (C=O) groups excluding carboxylic acids is 1. The molecule has 0 spiro atoms. The molecule has 1 unspecified atom stereocenters. The molecule has 0 aliphatic carbocycles. The van der Waals surface area contributed by atoms with Crippen molar-refractivity contribution in [3.05, 3.63) is 33.4 Å². The lowest BCUT2D eigenvalue weighted by molar-refractivity contribution is -0.386. The van der Waals surface area contributed by atoms with Crippen LogP contribution >= 0.6 is 0 Å². The Morgan fingerprint density at radius 1 is 1.43 bits per heavy atom. The molecule has 0 aromatic heterocycles. The molecule has 1 fully saturated rings. The van der Waals surface area contributed by atoms with Gasteiger partial charge >= 0.3 is 5.69 Å². The van der Waals surface area contributed by atoms with Gasteiger partial charge in [0.15, 0.2) is 5.75 Å². The maximum absolute atomic E-state index is 12.5. The molecule has 23 heavy (non-hydrogen) atoms. The average molecular weight is 321 g/mol. The van der Waals surface area contributed by atoms with E-state index in [2.05, 4.69) is 5.32 Å². The first-order valence-corrected chi connectivity index (χ1v) is 7.33. The summed E-state index contributed by atoms with van der Waals surface area (Å²) in [4.78, 5) is 24.3. The van der Waals surface area contributed by atoms with E-state index < -0.39 is 22.1 Å². The third-order valence-corrected chi connectivity index (χ3v) is 3.69. The highest BCUT2D eigenvalue weighted by atomic mass is 16.6. The minimum atomic E-state index is -0.784. The SMILES string of the molecule is CCN(CC)C(=O)/C(=C/c1cc(O)c(O)c([N+](=O)[O-])c1)C1CN1. The highest BCUT2D eigenvalue weighted by molar-refractivity contribution is 6.00. The molecule has 0 radical (unpaired) electrons. The van der Waals surface area contributed by atoms with Crippen molar-refractivity contribution in [2.75, 3.05) is 19.6 Å². The predicted molar refractivity (Wildman–Crippen MR) is 84.1 cm³/mol. The Balaban J connectivity index is 2.44. The number of hydrogen-bond acceptors (Lipinski definition) is 6. The molecule has 1 amide bonds. The zero-order chi connectivity index (χ0) is 17.1. The van der Waals surface area contributed by atoms with Gasteiger partial charge in [-0.1, -0.05) is 0 Å². The van der Waals surface area contributed by atoms with Gasteiger partial charge in [0.25, 0.3) is 5.91 Å². The number of benzene rings is 1. The lowest BCUT2D eigenvalue weighted by Crippen LogP contribution is -2.33. The van der Waals surface area contributed by atoms with E-state index in [0.717, 1.165) is 6.07 Å². The van der Waals surface area contributed by atoms with Crippen molar-refractivity contribution in [1.82, 2.24) is 10.2 Å². The summed E-state index contributed by atoms with van der Waals surface area (Å²) in [5, 5.41) is 33.1.